The molecule has 3 heterocycles. The van der Waals surface area contributed by atoms with Crippen molar-refractivity contribution in [1.82, 2.24) is 15.2 Å². The van der Waals surface area contributed by atoms with E-state index >= 15 is 0 Å². The second-order valence-corrected chi connectivity index (χ2v) is 7.68. The number of nitrogens with zero attached hydrogens (tertiary/aromatic N) is 3. The van der Waals surface area contributed by atoms with Gasteiger partial charge in [0.1, 0.15) is 11.5 Å². The molecule has 0 saturated carbocycles. The first-order valence-corrected chi connectivity index (χ1v) is 9.89. The van der Waals surface area contributed by atoms with Gasteiger partial charge in [-0.25, -0.2) is 4.98 Å². The molecule has 0 spiro atoms. The van der Waals surface area contributed by atoms with Crippen LogP contribution in [0, 0.1) is 6.92 Å². The minimum atomic E-state index is -0.367. The number of aromatic nitrogens is 1. The lowest BCUT2D eigenvalue weighted by Crippen LogP contribution is -2.31. The third-order valence-corrected chi connectivity index (χ3v) is 5.43. The predicted octanol–water partition coefficient (Wildman–Crippen LogP) is 3.14. The van der Waals surface area contributed by atoms with E-state index in [0.29, 0.717) is 0 Å². The van der Waals surface area contributed by atoms with Crippen LogP contribution in [-0.4, -0.2) is 39.9 Å². The second kappa shape index (κ2) is 7.31. The highest BCUT2D eigenvalue weighted by molar-refractivity contribution is 7.80. The molecule has 1 N–H and O–H groups in total. The highest BCUT2D eigenvalue weighted by Crippen LogP contribution is 2.30. The zero-order valence-electron chi connectivity index (χ0n) is 16.0. The number of aryl methyl sites for hydroxylation is 1. The molecule has 0 aliphatic carbocycles. The molecule has 0 unspecified atom stereocenters. The summed E-state index contributed by atoms with van der Waals surface area (Å²) in [5.41, 5.74) is 3.14. The van der Waals surface area contributed by atoms with E-state index in [9.17, 15) is 9.59 Å². The third kappa shape index (κ3) is 3.38. The number of rotatable bonds is 2. The van der Waals surface area contributed by atoms with Crippen molar-refractivity contribution in [1.29, 1.82) is 0 Å². The summed E-state index contributed by atoms with van der Waals surface area (Å²) in [6.45, 7) is 5.31. The topological polar surface area (TPSA) is 65.5 Å². The van der Waals surface area contributed by atoms with Crippen LogP contribution in [0.15, 0.2) is 30.0 Å². The Labute approximate surface area is 169 Å². The van der Waals surface area contributed by atoms with Crippen molar-refractivity contribution < 1.29 is 9.59 Å². The van der Waals surface area contributed by atoms with E-state index in [4.69, 9.17) is 17.2 Å². The molecule has 0 radical (unpaired) electrons. The summed E-state index contributed by atoms with van der Waals surface area (Å²) in [4.78, 5) is 32.9. The highest BCUT2D eigenvalue weighted by Gasteiger charge is 2.33. The van der Waals surface area contributed by atoms with E-state index in [2.05, 4.69) is 16.3 Å². The molecule has 2 fully saturated rings. The summed E-state index contributed by atoms with van der Waals surface area (Å²) in [6, 6.07) is 8.17. The van der Waals surface area contributed by atoms with Gasteiger partial charge in [0.25, 0.3) is 5.91 Å². The van der Waals surface area contributed by atoms with E-state index < -0.39 is 0 Å². The summed E-state index contributed by atoms with van der Waals surface area (Å²) in [5, 5.41) is 3.67. The number of amides is 2. The lowest BCUT2D eigenvalue weighted by Gasteiger charge is -2.29. The van der Waals surface area contributed by atoms with E-state index in [-0.39, 0.29) is 22.6 Å². The first-order valence-electron chi connectivity index (χ1n) is 9.48. The number of pyridine rings is 1. The third-order valence-electron chi connectivity index (χ3n) is 5.14. The van der Waals surface area contributed by atoms with E-state index in [0.717, 1.165) is 53.8 Å². The molecule has 2 aromatic rings. The van der Waals surface area contributed by atoms with Crippen molar-refractivity contribution in [2.24, 2.45) is 0 Å². The van der Waals surface area contributed by atoms with Gasteiger partial charge in [0.2, 0.25) is 5.91 Å². The van der Waals surface area contributed by atoms with Crippen molar-refractivity contribution in [3.63, 3.8) is 0 Å². The number of carbonyl (C=O) groups excluding carboxylic acids is 2. The molecule has 1 aromatic carbocycles. The number of thiocarbonyl (C=S) groups is 1. The lowest BCUT2D eigenvalue weighted by molar-refractivity contribution is -0.125. The standard InChI is InChI=1S/C21H22N4O2S/c1-13-6-7-15-11-16(12-18-20(27)23-21(28)25(18)14(2)26)19(22-17(15)10-13)24-8-4-3-5-9-24/h6-7,10-12H,3-5,8-9H2,1-2H3,(H,23,27,28)/b18-12-. The Balaban J connectivity index is 1.89. The number of benzene rings is 1. The molecule has 1 aromatic heterocycles. The number of carbonyl (C=O) groups is 2. The molecule has 28 heavy (non-hydrogen) atoms. The minimum absolute atomic E-state index is 0.118. The zero-order chi connectivity index (χ0) is 19.8. The fraction of sp³-hybridized carbons (Fsp3) is 0.333. The van der Waals surface area contributed by atoms with E-state index in [1.807, 2.05) is 25.1 Å². The van der Waals surface area contributed by atoms with Crippen LogP contribution >= 0.6 is 12.2 Å². The Kier molecular flexibility index (Phi) is 4.85. The number of hydrogen-bond donors (Lipinski definition) is 1. The van der Waals surface area contributed by atoms with Crippen LogP contribution in [0.2, 0.25) is 0 Å². The summed E-state index contributed by atoms with van der Waals surface area (Å²) in [6.07, 6.45) is 5.18. The van der Waals surface area contributed by atoms with E-state index in [1.54, 1.807) is 6.08 Å². The predicted molar refractivity (Wildman–Crippen MR) is 114 cm³/mol. The van der Waals surface area contributed by atoms with Crippen LogP contribution in [0.25, 0.3) is 17.0 Å². The molecule has 0 bridgehead atoms. The maximum Gasteiger partial charge on any atom is 0.274 e. The minimum Gasteiger partial charge on any atom is -0.356 e. The Morgan fingerprint density at radius 2 is 1.96 bits per heavy atom. The van der Waals surface area contributed by atoms with Crippen LogP contribution in [-0.2, 0) is 9.59 Å². The smallest absolute Gasteiger partial charge is 0.274 e. The SMILES string of the molecule is CC(=O)N1C(=S)NC(=O)/C1=C/c1cc2ccc(C)cc2nc1N1CCCCC1. The molecule has 7 heteroatoms. The van der Waals surface area contributed by atoms with Gasteiger partial charge in [0.05, 0.1) is 5.52 Å². The van der Waals surface area contributed by atoms with Crippen LogP contribution in [0.4, 0.5) is 5.82 Å². The molecule has 0 atom stereocenters. The number of anilines is 1. The largest absolute Gasteiger partial charge is 0.356 e. The van der Waals surface area contributed by atoms with Crippen molar-refractivity contribution in [3.05, 3.63) is 41.1 Å². The highest BCUT2D eigenvalue weighted by atomic mass is 32.1. The summed E-state index contributed by atoms with van der Waals surface area (Å²) in [5.74, 6) is 0.187. The molecular weight excluding hydrogens is 372 g/mol. The maximum atomic E-state index is 12.4. The Bertz CT molecular complexity index is 1020. The normalized spacial score (nSPS) is 18.9. The fourth-order valence-electron chi connectivity index (χ4n) is 3.77. The molecule has 6 nitrogen and oxygen atoms in total. The van der Waals surface area contributed by atoms with Gasteiger partial charge >= 0.3 is 0 Å². The number of piperidine rings is 1. The van der Waals surface area contributed by atoms with E-state index in [1.165, 1.54) is 18.2 Å². The van der Waals surface area contributed by atoms with Crippen LogP contribution in [0.3, 0.4) is 0 Å². The molecule has 2 amide bonds. The van der Waals surface area contributed by atoms with Crippen molar-refractivity contribution >= 4 is 51.9 Å². The summed E-state index contributed by atoms with van der Waals surface area (Å²) >= 11 is 5.14. The fourth-order valence-corrected chi connectivity index (χ4v) is 4.09. The van der Waals surface area contributed by atoms with Gasteiger partial charge in [-0.3, -0.25) is 19.8 Å². The van der Waals surface area contributed by atoms with Gasteiger partial charge < -0.3 is 4.90 Å². The van der Waals surface area contributed by atoms with Crippen molar-refractivity contribution in [2.75, 3.05) is 18.0 Å². The first kappa shape index (κ1) is 18.6. The second-order valence-electron chi connectivity index (χ2n) is 7.29. The quantitative estimate of drug-likeness (QED) is 0.626. The molecule has 144 valence electrons. The monoisotopic (exact) mass is 394 g/mol. The lowest BCUT2D eigenvalue weighted by atomic mass is 10.1. The molecule has 2 saturated heterocycles. The average molecular weight is 395 g/mol. The Morgan fingerprint density at radius 3 is 2.68 bits per heavy atom. The van der Waals surface area contributed by atoms with Gasteiger partial charge in [0.15, 0.2) is 5.11 Å². The average Bonchev–Trinajstić information content (AvgIpc) is 2.95. The van der Waals surface area contributed by atoms with Crippen molar-refractivity contribution in [2.45, 2.75) is 33.1 Å². The van der Waals surface area contributed by atoms with Gasteiger partial charge in [-0.15, -0.1) is 0 Å². The molecular formula is C21H22N4O2S. The van der Waals surface area contributed by atoms with Crippen LogP contribution < -0.4 is 10.2 Å². The first-order chi connectivity index (χ1) is 13.4. The molecule has 2 aliphatic rings. The molecule has 2 aliphatic heterocycles. The maximum absolute atomic E-state index is 12.4. The van der Waals surface area contributed by atoms with Crippen molar-refractivity contribution in [3.8, 4) is 0 Å². The summed E-state index contributed by atoms with van der Waals surface area (Å²) in [7, 11) is 0. The number of fused-ring (bicyclic) bond motifs is 1. The van der Waals surface area contributed by atoms with Gasteiger partial charge in [-0.1, -0.05) is 12.1 Å². The summed E-state index contributed by atoms with van der Waals surface area (Å²) < 4.78 is 0. The number of hydrogen-bond acceptors (Lipinski definition) is 5. The van der Waals surface area contributed by atoms with Gasteiger partial charge in [-0.2, -0.15) is 0 Å². The number of nitrogens with one attached hydrogen (secondary N) is 1. The van der Waals surface area contributed by atoms with Crippen LogP contribution in [0.5, 0.6) is 0 Å². The Morgan fingerprint density at radius 1 is 1.21 bits per heavy atom. The molecule has 4 rings (SSSR count). The Hall–Kier alpha value is -2.80. The van der Waals surface area contributed by atoms with Crippen LogP contribution in [0.1, 0.15) is 37.3 Å². The van der Waals surface area contributed by atoms with Gasteiger partial charge in [0, 0.05) is 31.0 Å². The van der Waals surface area contributed by atoms with Gasteiger partial charge in [-0.05, 0) is 62.2 Å². The zero-order valence-corrected chi connectivity index (χ0v) is 16.8.